The van der Waals surface area contributed by atoms with E-state index in [0.717, 1.165) is 19.4 Å². The number of rotatable bonds is 8. The lowest BCUT2D eigenvalue weighted by molar-refractivity contribution is 0.101. The van der Waals surface area contributed by atoms with Crippen LogP contribution in [0.1, 0.15) is 51.3 Å². The molecule has 1 unspecified atom stereocenters. The Morgan fingerprint density at radius 3 is 2.78 bits per heavy atom. The summed E-state index contributed by atoms with van der Waals surface area (Å²) in [7, 11) is 0. The minimum absolute atomic E-state index is 0.239. The molecule has 1 aliphatic rings. The molecule has 2 rings (SSSR count). The van der Waals surface area contributed by atoms with Crippen LogP contribution < -0.4 is 5.32 Å². The molecule has 0 radical (unpaired) electrons. The van der Waals surface area contributed by atoms with Crippen LogP contribution in [-0.4, -0.2) is 27.3 Å². The van der Waals surface area contributed by atoms with Gasteiger partial charge in [-0.1, -0.05) is 26.7 Å². The molecule has 1 heterocycles. The molecule has 1 saturated carbocycles. The summed E-state index contributed by atoms with van der Waals surface area (Å²) in [6.45, 7) is 5.75. The van der Waals surface area contributed by atoms with Crippen LogP contribution in [0, 0.1) is 5.92 Å². The summed E-state index contributed by atoms with van der Waals surface area (Å²) in [5, 5.41) is 13.4. The standard InChI is InChI=1S/C14H25N3O/c1-3-11(4-2)14(18)9-15-7-13-8-16-10-17(13)12-5-6-12/h8,10-12,14-15,18H,3-7,9H2,1-2H3. The molecule has 0 amide bonds. The molecular weight excluding hydrogens is 226 g/mol. The Labute approximate surface area is 109 Å². The van der Waals surface area contributed by atoms with Crippen LogP contribution in [0.3, 0.4) is 0 Å². The second-order valence-corrected chi connectivity index (χ2v) is 5.30. The van der Waals surface area contributed by atoms with Gasteiger partial charge in [-0.3, -0.25) is 0 Å². The van der Waals surface area contributed by atoms with Crippen molar-refractivity contribution in [3.05, 3.63) is 18.2 Å². The lowest BCUT2D eigenvalue weighted by atomic mass is 9.96. The minimum atomic E-state index is -0.239. The van der Waals surface area contributed by atoms with Crippen LogP contribution in [0.15, 0.2) is 12.5 Å². The van der Waals surface area contributed by atoms with Gasteiger partial charge in [0.2, 0.25) is 0 Å². The molecule has 1 aromatic heterocycles. The zero-order valence-corrected chi connectivity index (χ0v) is 11.5. The minimum Gasteiger partial charge on any atom is -0.392 e. The fourth-order valence-electron chi connectivity index (χ4n) is 2.50. The Kier molecular flexibility index (Phi) is 4.78. The van der Waals surface area contributed by atoms with E-state index in [1.54, 1.807) is 0 Å². The molecule has 4 heteroatoms. The molecule has 0 bridgehead atoms. The average molecular weight is 251 g/mol. The van der Waals surface area contributed by atoms with Crippen molar-refractivity contribution in [3.8, 4) is 0 Å². The zero-order valence-electron chi connectivity index (χ0n) is 11.5. The van der Waals surface area contributed by atoms with Crippen LogP contribution in [0.4, 0.5) is 0 Å². The summed E-state index contributed by atoms with van der Waals surface area (Å²) < 4.78 is 2.26. The van der Waals surface area contributed by atoms with Crippen molar-refractivity contribution in [2.24, 2.45) is 5.92 Å². The van der Waals surface area contributed by atoms with E-state index >= 15 is 0 Å². The van der Waals surface area contributed by atoms with Gasteiger partial charge in [0, 0.05) is 25.3 Å². The zero-order chi connectivity index (χ0) is 13.0. The summed E-state index contributed by atoms with van der Waals surface area (Å²) in [6, 6.07) is 0.674. The highest BCUT2D eigenvalue weighted by molar-refractivity contribution is 5.03. The largest absolute Gasteiger partial charge is 0.392 e. The number of hydrogen-bond donors (Lipinski definition) is 2. The third-order valence-corrected chi connectivity index (χ3v) is 3.94. The monoisotopic (exact) mass is 251 g/mol. The molecule has 1 aromatic rings. The first-order valence-electron chi connectivity index (χ1n) is 7.15. The highest BCUT2D eigenvalue weighted by Crippen LogP contribution is 2.35. The topological polar surface area (TPSA) is 50.1 Å². The Hall–Kier alpha value is -0.870. The Morgan fingerprint density at radius 2 is 2.17 bits per heavy atom. The predicted molar refractivity (Wildman–Crippen MR) is 72.3 cm³/mol. The first-order valence-corrected chi connectivity index (χ1v) is 7.15. The fraction of sp³-hybridized carbons (Fsp3) is 0.786. The molecule has 18 heavy (non-hydrogen) atoms. The first-order chi connectivity index (χ1) is 8.76. The van der Waals surface area contributed by atoms with Gasteiger partial charge in [0.15, 0.2) is 0 Å². The number of imidazole rings is 1. The second kappa shape index (κ2) is 6.34. The van der Waals surface area contributed by atoms with E-state index in [1.807, 2.05) is 12.5 Å². The van der Waals surface area contributed by atoms with Gasteiger partial charge in [-0.05, 0) is 18.8 Å². The van der Waals surface area contributed by atoms with Crippen molar-refractivity contribution >= 4 is 0 Å². The van der Waals surface area contributed by atoms with Crippen LogP contribution in [0.2, 0.25) is 0 Å². The number of nitrogens with one attached hydrogen (secondary N) is 1. The average Bonchev–Trinajstić information content (AvgIpc) is 3.11. The number of nitrogens with zero attached hydrogens (tertiary/aromatic N) is 2. The van der Waals surface area contributed by atoms with E-state index < -0.39 is 0 Å². The highest BCUT2D eigenvalue weighted by atomic mass is 16.3. The SMILES string of the molecule is CCC(CC)C(O)CNCc1cncn1C1CC1. The van der Waals surface area contributed by atoms with E-state index in [1.165, 1.54) is 18.5 Å². The summed E-state index contributed by atoms with van der Waals surface area (Å²) in [5.74, 6) is 0.408. The van der Waals surface area contributed by atoms with Gasteiger partial charge in [-0.2, -0.15) is 0 Å². The molecule has 0 spiro atoms. The molecular formula is C14H25N3O. The highest BCUT2D eigenvalue weighted by Gasteiger charge is 2.25. The van der Waals surface area contributed by atoms with Crippen molar-refractivity contribution in [1.82, 2.24) is 14.9 Å². The van der Waals surface area contributed by atoms with Gasteiger partial charge in [-0.15, -0.1) is 0 Å². The Balaban J connectivity index is 1.76. The molecule has 1 atom stereocenters. The molecule has 0 saturated heterocycles. The summed E-state index contributed by atoms with van der Waals surface area (Å²) >= 11 is 0. The fourth-order valence-corrected chi connectivity index (χ4v) is 2.50. The molecule has 4 nitrogen and oxygen atoms in total. The van der Waals surface area contributed by atoms with Crippen LogP contribution in [0.5, 0.6) is 0 Å². The smallest absolute Gasteiger partial charge is 0.0951 e. The number of aliphatic hydroxyl groups is 1. The van der Waals surface area contributed by atoms with Crippen LogP contribution >= 0.6 is 0 Å². The van der Waals surface area contributed by atoms with E-state index in [9.17, 15) is 5.11 Å². The molecule has 1 aliphatic carbocycles. The van der Waals surface area contributed by atoms with Gasteiger partial charge in [-0.25, -0.2) is 4.98 Å². The summed E-state index contributed by atoms with van der Waals surface area (Å²) in [4.78, 5) is 4.21. The van der Waals surface area contributed by atoms with Gasteiger partial charge in [0.25, 0.3) is 0 Å². The third-order valence-electron chi connectivity index (χ3n) is 3.94. The molecule has 2 N–H and O–H groups in total. The lowest BCUT2D eigenvalue weighted by Gasteiger charge is -2.20. The Morgan fingerprint density at radius 1 is 1.44 bits per heavy atom. The third kappa shape index (κ3) is 3.33. The lowest BCUT2D eigenvalue weighted by Crippen LogP contribution is -2.32. The predicted octanol–water partition coefficient (Wildman–Crippen LogP) is 2.10. The van der Waals surface area contributed by atoms with Gasteiger partial charge in [0.1, 0.15) is 0 Å². The molecule has 1 fully saturated rings. The maximum atomic E-state index is 10.0. The van der Waals surface area contributed by atoms with Gasteiger partial charge < -0.3 is 15.0 Å². The molecule has 102 valence electrons. The maximum absolute atomic E-state index is 10.0. The number of hydrogen-bond acceptors (Lipinski definition) is 3. The van der Waals surface area contributed by atoms with Gasteiger partial charge >= 0.3 is 0 Å². The van der Waals surface area contributed by atoms with E-state index in [-0.39, 0.29) is 6.10 Å². The van der Waals surface area contributed by atoms with Crippen molar-refractivity contribution in [1.29, 1.82) is 0 Å². The summed E-state index contributed by atoms with van der Waals surface area (Å²) in [6.07, 6.45) is 8.25. The van der Waals surface area contributed by atoms with Crippen molar-refractivity contribution < 1.29 is 5.11 Å². The maximum Gasteiger partial charge on any atom is 0.0951 e. The van der Waals surface area contributed by atoms with Crippen molar-refractivity contribution in [3.63, 3.8) is 0 Å². The van der Waals surface area contributed by atoms with E-state index in [0.29, 0.717) is 18.5 Å². The number of aromatic nitrogens is 2. The second-order valence-electron chi connectivity index (χ2n) is 5.30. The van der Waals surface area contributed by atoms with Crippen LogP contribution in [-0.2, 0) is 6.54 Å². The van der Waals surface area contributed by atoms with Crippen LogP contribution in [0.25, 0.3) is 0 Å². The molecule has 0 aromatic carbocycles. The van der Waals surface area contributed by atoms with Crippen molar-refractivity contribution in [2.75, 3.05) is 6.54 Å². The number of aliphatic hydroxyl groups excluding tert-OH is 1. The van der Waals surface area contributed by atoms with Gasteiger partial charge in [0.05, 0.1) is 18.1 Å². The van der Waals surface area contributed by atoms with E-state index in [4.69, 9.17) is 0 Å². The molecule has 0 aliphatic heterocycles. The summed E-state index contributed by atoms with van der Waals surface area (Å²) in [5.41, 5.74) is 1.23. The quantitative estimate of drug-likeness (QED) is 0.744. The van der Waals surface area contributed by atoms with Crippen molar-refractivity contribution in [2.45, 2.75) is 58.2 Å². The Bertz CT molecular complexity index is 356. The first kappa shape index (κ1) is 13.6. The van der Waals surface area contributed by atoms with E-state index in [2.05, 4.69) is 28.7 Å². The normalized spacial score (nSPS) is 17.3.